The maximum absolute atomic E-state index is 5.98. The first-order valence-electron chi connectivity index (χ1n) is 4.05. The van der Waals surface area contributed by atoms with Crippen LogP contribution < -0.4 is 5.73 Å². The van der Waals surface area contributed by atoms with Gasteiger partial charge in [-0.3, -0.25) is 4.40 Å². The highest BCUT2D eigenvalue weighted by Crippen LogP contribution is 2.23. The van der Waals surface area contributed by atoms with Crippen LogP contribution in [0.2, 0.25) is 5.15 Å². The lowest BCUT2D eigenvalue weighted by Crippen LogP contribution is -2.05. The first-order valence-corrected chi connectivity index (χ1v) is 5.30. The highest BCUT2D eigenvalue weighted by molar-refractivity contribution is 7.15. The molecule has 0 atom stereocenters. The molecule has 0 bridgehead atoms. The summed E-state index contributed by atoms with van der Waals surface area (Å²) in [5, 5.41) is 2.65. The number of nitrogens with zero attached hydrogens (tertiary/aromatic N) is 2. The van der Waals surface area contributed by atoms with E-state index < -0.39 is 0 Å². The van der Waals surface area contributed by atoms with Gasteiger partial charge in [0, 0.05) is 17.5 Å². The van der Waals surface area contributed by atoms with Crippen molar-refractivity contribution in [2.45, 2.75) is 13.3 Å². The first kappa shape index (κ1) is 8.99. The van der Waals surface area contributed by atoms with Crippen molar-refractivity contribution in [2.24, 2.45) is 5.73 Å². The molecular formula is C8H10ClN3S. The Labute approximate surface area is 85.1 Å². The Balaban J connectivity index is 2.67. The smallest absolute Gasteiger partial charge is 0.195 e. The van der Waals surface area contributed by atoms with Crippen LogP contribution in [0.3, 0.4) is 0 Å². The van der Waals surface area contributed by atoms with Gasteiger partial charge in [0.15, 0.2) is 10.1 Å². The van der Waals surface area contributed by atoms with Crippen molar-refractivity contribution in [1.82, 2.24) is 9.38 Å². The van der Waals surface area contributed by atoms with Crippen molar-refractivity contribution in [3.63, 3.8) is 0 Å². The van der Waals surface area contributed by atoms with Gasteiger partial charge in [0.2, 0.25) is 0 Å². The molecule has 0 aliphatic carbocycles. The maximum Gasteiger partial charge on any atom is 0.195 e. The average Bonchev–Trinajstić information content (AvgIpc) is 2.57. The molecule has 2 aromatic rings. The van der Waals surface area contributed by atoms with Crippen molar-refractivity contribution in [3.05, 3.63) is 21.9 Å². The van der Waals surface area contributed by atoms with Crippen LogP contribution >= 0.6 is 22.9 Å². The molecule has 3 nitrogen and oxygen atoms in total. The van der Waals surface area contributed by atoms with Crippen molar-refractivity contribution < 1.29 is 0 Å². The number of aryl methyl sites for hydroxylation is 1. The summed E-state index contributed by atoms with van der Waals surface area (Å²) in [6, 6.07) is 0. The average molecular weight is 216 g/mol. The second-order valence-electron chi connectivity index (χ2n) is 2.88. The lowest BCUT2D eigenvalue weighted by atomic mass is 10.3. The van der Waals surface area contributed by atoms with E-state index in [4.69, 9.17) is 17.3 Å². The van der Waals surface area contributed by atoms with E-state index in [1.54, 1.807) is 11.3 Å². The zero-order valence-electron chi connectivity index (χ0n) is 7.25. The Bertz CT molecular complexity index is 432. The van der Waals surface area contributed by atoms with Crippen LogP contribution in [0.15, 0.2) is 5.38 Å². The number of hydrogen-bond acceptors (Lipinski definition) is 3. The number of halogens is 1. The van der Waals surface area contributed by atoms with Gasteiger partial charge in [-0.1, -0.05) is 11.6 Å². The monoisotopic (exact) mass is 215 g/mol. The van der Waals surface area contributed by atoms with E-state index in [0.29, 0.717) is 11.7 Å². The zero-order valence-corrected chi connectivity index (χ0v) is 8.82. The minimum atomic E-state index is 0.584. The van der Waals surface area contributed by atoms with Crippen molar-refractivity contribution >= 4 is 27.9 Å². The molecular weight excluding hydrogens is 206 g/mol. The first-order chi connectivity index (χ1) is 6.24. The lowest BCUT2D eigenvalue weighted by Gasteiger charge is -1.98. The van der Waals surface area contributed by atoms with Gasteiger partial charge in [0.1, 0.15) is 0 Å². The fourth-order valence-electron chi connectivity index (χ4n) is 1.39. The fourth-order valence-corrected chi connectivity index (χ4v) is 2.59. The van der Waals surface area contributed by atoms with Crippen LogP contribution in [0.1, 0.15) is 11.4 Å². The molecule has 70 valence electrons. The topological polar surface area (TPSA) is 43.3 Å². The van der Waals surface area contributed by atoms with E-state index in [1.165, 1.54) is 5.69 Å². The summed E-state index contributed by atoms with van der Waals surface area (Å²) in [4.78, 5) is 5.19. The number of rotatable bonds is 2. The van der Waals surface area contributed by atoms with Gasteiger partial charge in [-0.05, 0) is 13.5 Å². The molecule has 0 radical (unpaired) electrons. The molecule has 5 heteroatoms. The van der Waals surface area contributed by atoms with E-state index in [2.05, 4.69) is 14.8 Å². The molecule has 0 amide bonds. The number of aromatic nitrogens is 2. The van der Waals surface area contributed by atoms with Crippen LogP contribution in [0.4, 0.5) is 0 Å². The highest BCUT2D eigenvalue weighted by Gasteiger charge is 2.12. The van der Waals surface area contributed by atoms with Crippen molar-refractivity contribution in [3.8, 4) is 0 Å². The Morgan fingerprint density at radius 3 is 3.15 bits per heavy atom. The molecule has 2 aromatic heterocycles. The molecule has 0 unspecified atom stereocenters. The molecule has 0 saturated heterocycles. The van der Waals surface area contributed by atoms with Gasteiger partial charge >= 0.3 is 0 Å². The van der Waals surface area contributed by atoms with Crippen molar-refractivity contribution in [2.75, 3.05) is 6.54 Å². The Morgan fingerprint density at radius 2 is 2.46 bits per heavy atom. The summed E-state index contributed by atoms with van der Waals surface area (Å²) in [5.74, 6) is 0. The molecule has 0 fully saturated rings. The predicted octanol–water partition coefficient (Wildman–Crippen LogP) is 1.86. The molecule has 13 heavy (non-hydrogen) atoms. The van der Waals surface area contributed by atoms with Gasteiger partial charge in [0.05, 0.1) is 5.69 Å². The molecule has 0 saturated carbocycles. The standard InChI is InChI=1S/C8H10ClN3S/c1-5-4-13-8-11-7(9)6(2-3-10)12(5)8/h4H,2-3,10H2,1H3. The summed E-state index contributed by atoms with van der Waals surface area (Å²) in [7, 11) is 0. The maximum atomic E-state index is 5.98. The number of fused-ring (bicyclic) bond motifs is 1. The summed E-state index contributed by atoms with van der Waals surface area (Å²) >= 11 is 7.58. The summed E-state index contributed by atoms with van der Waals surface area (Å²) in [5.41, 5.74) is 7.70. The number of thiazole rings is 1. The molecule has 0 aliphatic rings. The largest absolute Gasteiger partial charge is 0.330 e. The molecule has 0 aromatic carbocycles. The Morgan fingerprint density at radius 1 is 1.69 bits per heavy atom. The van der Waals surface area contributed by atoms with Crippen LogP contribution in [0.25, 0.3) is 4.96 Å². The molecule has 0 spiro atoms. The third-order valence-electron chi connectivity index (χ3n) is 1.96. The fraction of sp³-hybridized carbons (Fsp3) is 0.375. The van der Waals surface area contributed by atoms with Gasteiger partial charge in [-0.15, -0.1) is 11.3 Å². The molecule has 2 rings (SSSR count). The van der Waals surface area contributed by atoms with E-state index in [0.717, 1.165) is 17.1 Å². The minimum Gasteiger partial charge on any atom is -0.330 e. The van der Waals surface area contributed by atoms with Crippen LogP contribution in [-0.4, -0.2) is 15.9 Å². The van der Waals surface area contributed by atoms with E-state index in [-0.39, 0.29) is 0 Å². The Kier molecular flexibility index (Phi) is 2.27. The second kappa shape index (κ2) is 3.29. The van der Waals surface area contributed by atoms with Gasteiger partial charge in [-0.25, -0.2) is 4.98 Å². The second-order valence-corrected chi connectivity index (χ2v) is 4.08. The normalized spacial score (nSPS) is 11.3. The summed E-state index contributed by atoms with van der Waals surface area (Å²) < 4.78 is 2.07. The molecule has 2 heterocycles. The quantitative estimate of drug-likeness (QED) is 0.831. The van der Waals surface area contributed by atoms with E-state index in [1.807, 2.05) is 6.92 Å². The Hall–Kier alpha value is -0.580. The number of nitrogens with two attached hydrogens (primary N) is 1. The molecule has 0 aliphatic heterocycles. The SMILES string of the molecule is Cc1csc2nc(Cl)c(CCN)n12. The minimum absolute atomic E-state index is 0.584. The lowest BCUT2D eigenvalue weighted by molar-refractivity contribution is 0.896. The van der Waals surface area contributed by atoms with Crippen LogP contribution in [0, 0.1) is 6.92 Å². The zero-order chi connectivity index (χ0) is 9.42. The van der Waals surface area contributed by atoms with E-state index >= 15 is 0 Å². The van der Waals surface area contributed by atoms with Gasteiger partial charge < -0.3 is 5.73 Å². The highest BCUT2D eigenvalue weighted by atomic mass is 35.5. The van der Waals surface area contributed by atoms with Crippen LogP contribution in [-0.2, 0) is 6.42 Å². The van der Waals surface area contributed by atoms with Crippen molar-refractivity contribution in [1.29, 1.82) is 0 Å². The summed E-state index contributed by atoms with van der Waals surface area (Å²) in [6.45, 7) is 2.64. The third kappa shape index (κ3) is 1.35. The summed E-state index contributed by atoms with van der Waals surface area (Å²) in [6.07, 6.45) is 0.775. The van der Waals surface area contributed by atoms with Gasteiger partial charge in [-0.2, -0.15) is 0 Å². The number of hydrogen-bond donors (Lipinski definition) is 1. The number of imidazole rings is 1. The van der Waals surface area contributed by atoms with Crippen LogP contribution in [0.5, 0.6) is 0 Å². The predicted molar refractivity (Wildman–Crippen MR) is 55.6 cm³/mol. The third-order valence-corrected chi connectivity index (χ3v) is 3.21. The molecule has 2 N–H and O–H groups in total. The van der Waals surface area contributed by atoms with Gasteiger partial charge in [0.25, 0.3) is 0 Å². The van der Waals surface area contributed by atoms with E-state index in [9.17, 15) is 0 Å².